The number of hydrogen-bond donors (Lipinski definition) is 3. The molecule has 0 amide bonds. The van der Waals surface area contributed by atoms with E-state index in [0.29, 0.717) is 0 Å². The highest BCUT2D eigenvalue weighted by Gasteiger charge is 2.33. The number of hydrogen-bond acceptors (Lipinski definition) is 5. The molecule has 0 unspecified atom stereocenters. The second-order valence-corrected chi connectivity index (χ2v) is 9.15. The SMILES string of the molecule is CCC(CC)(P=O)N1CCNCCNCCNCC1.CCCCCCCCCC. The van der Waals surface area contributed by atoms with Crippen LogP contribution >= 0.6 is 8.46 Å². The van der Waals surface area contributed by atoms with Gasteiger partial charge in [0.2, 0.25) is 0 Å². The monoisotopic (exact) mass is 430 g/mol. The van der Waals surface area contributed by atoms with Gasteiger partial charge in [-0.25, -0.2) is 0 Å². The lowest BCUT2D eigenvalue weighted by atomic mass is 10.1. The molecule has 29 heavy (non-hydrogen) atoms. The second kappa shape index (κ2) is 21.2. The molecule has 1 saturated heterocycles. The highest BCUT2D eigenvalue weighted by atomic mass is 31.1. The Kier molecular flexibility index (Phi) is 21.1. The normalized spacial score (nSPS) is 17.8. The molecular formula is C23H51N4OP. The van der Waals surface area contributed by atoms with Crippen molar-refractivity contribution < 1.29 is 4.57 Å². The van der Waals surface area contributed by atoms with Crippen molar-refractivity contribution in [2.75, 3.05) is 52.4 Å². The lowest BCUT2D eigenvalue weighted by Crippen LogP contribution is -2.50. The standard InChI is InChI=1S/C13H29N4OP.C10H22/c1-3-13(4-2,19-18)17-11-9-15-7-5-14-6-8-16-10-12-17;1-3-5-7-9-10-8-6-4-2/h14-16H,3-12H2,1-2H3;3-10H2,1-2H3. The average Bonchev–Trinajstić information content (AvgIpc) is 2.74. The molecule has 0 aromatic rings. The van der Waals surface area contributed by atoms with Crippen LogP contribution in [0.4, 0.5) is 0 Å². The van der Waals surface area contributed by atoms with Gasteiger partial charge in [0.1, 0.15) is 5.28 Å². The number of rotatable bonds is 11. The average molecular weight is 431 g/mol. The van der Waals surface area contributed by atoms with Crippen LogP contribution in [0.2, 0.25) is 0 Å². The van der Waals surface area contributed by atoms with Gasteiger partial charge in [0.15, 0.2) is 8.46 Å². The van der Waals surface area contributed by atoms with E-state index in [0.717, 1.165) is 65.2 Å². The molecule has 174 valence electrons. The van der Waals surface area contributed by atoms with Crippen LogP contribution in [-0.4, -0.2) is 62.5 Å². The smallest absolute Gasteiger partial charge is 0.177 e. The third-order valence-corrected chi connectivity index (χ3v) is 7.18. The molecule has 0 aliphatic carbocycles. The molecule has 0 aromatic heterocycles. The first-order valence-electron chi connectivity index (χ1n) is 12.4. The van der Waals surface area contributed by atoms with Gasteiger partial charge in [0, 0.05) is 52.4 Å². The molecule has 0 atom stereocenters. The molecule has 1 fully saturated rings. The molecule has 1 heterocycles. The summed E-state index contributed by atoms with van der Waals surface area (Å²) in [6, 6.07) is 0. The van der Waals surface area contributed by atoms with E-state index >= 15 is 0 Å². The molecule has 0 radical (unpaired) electrons. The lowest BCUT2D eigenvalue weighted by Gasteiger charge is -2.38. The number of unbranched alkanes of at least 4 members (excludes halogenated alkanes) is 7. The topological polar surface area (TPSA) is 56.4 Å². The van der Waals surface area contributed by atoms with E-state index in [4.69, 9.17) is 0 Å². The maximum Gasteiger partial charge on any atom is 0.177 e. The molecule has 0 bridgehead atoms. The number of nitrogens with zero attached hydrogens (tertiary/aromatic N) is 1. The van der Waals surface area contributed by atoms with Gasteiger partial charge in [-0.1, -0.05) is 79.1 Å². The predicted octanol–water partition coefficient (Wildman–Crippen LogP) is 5.03. The van der Waals surface area contributed by atoms with E-state index in [2.05, 4.69) is 48.5 Å². The van der Waals surface area contributed by atoms with Gasteiger partial charge in [-0.05, 0) is 12.8 Å². The van der Waals surface area contributed by atoms with Gasteiger partial charge >= 0.3 is 0 Å². The summed E-state index contributed by atoms with van der Waals surface area (Å²) in [6.07, 6.45) is 13.3. The molecule has 1 rings (SSSR count). The van der Waals surface area contributed by atoms with Crippen molar-refractivity contribution in [2.45, 2.75) is 97.2 Å². The van der Waals surface area contributed by atoms with E-state index < -0.39 is 0 Å². The Morgan fingerprint density at radius 3 is 1.38 bits per heavy atom. The Balaban J connectivity index is 0.000000665. The van der Waals surface area contributed by atoms with Gasteiger partial charge in [-0.15, -0.1) is 0 Å². The summed E-state index contributed by atoms with van der Waals surface area (Å²) in [6.45, 7) is 16.6. The molecule has 1 aliphatic heterocycles. The fraction of sp³-hybridized carbons (Fsp3) is 1.00. The Labute approximate surface area is 183 Å². The zero-order valence-electron chi connectivity index (χ0n) is 20.0. The minimum atomic E-state index is -0.189. The van der Waals surface area contributed by atoms with E-state index in [9.17, 15) is 4.57 Å². The first kappa shape index (κ1) is 28.9. The van der Waals surface area contributed by atoms with Crippen LogP contribution in [-0.2, 0) is 4.57 Å². The van der Waals surface area contributed by atoms with Gasteiger partial charge in [-0.2, -0.15) is 0 Å². The Bertz CT molecular complexity index is 334. The van der Waals surface area contributed by atoms with Crippen molar-refractivity contribution in [3.63, 3.8) is 0 Å². The Morgan fingerprint density at radius 1 is 0.655 bits per heavy atom. The zero-order valence-corrected chi connectivity index (χ0v) is 20.9. The van der Waals surface area contributed by atoms with E-state index in [-0.39, 0.29) is 13.7 Å². The van der Waals surface area contributed by atoms with Gasteiger partial charge in [-0.3, -0.25) is 9.46 Å². The van der Waals surface area contributed by atoms with Gasteiger partial charge < -0.3 is 16.0 Å². The summed E-state index contributed by atoms with van der Waals surface area (Å²) in [7, 11) is 0.257. The highest BCUT2D eigenvalue weighted by molar-refractivity contribution is 7.25. The Morgan fingerprint density at radius 2 is 1.03 bits per heavy atom. The lowest BCUT2D eigenvalue weighted by molar-refractivity contribution is 0.152. The first-order valence-corrected chi connectivity index (χ1v) is 13.2. The van der Waals surface area contributed by atoms with Crippen molar-refractivity contribution >= 4 is 8.46 Å². The quantitative estimate of drug-likeness (QED) is 0.317. The van der Waals surface area contributed by atoms with Crippen LogP contribution in [0.3, 0.4) is 0 Å². The van der Waals surface area contributed by atoms with Gasteiger partial charge in [0.05, 0.1) is 0 Å². The Hall–Kier alpha value is -0.0600. The van der Waals surface area contributed by atoms with Crippen LogP contribution < -0.4 is 16.0 Å². The summed E-state index contributed by atoms with van der Waals surface area (Å²) in [5.74, 6) is 0. The molecule has 0 saturated carbocycles. The van der Waals surface area contributed by atoms with E-state index in [1.165, 1.54) is 51.4 Å². The molecule has 0 spiro atoms. The molecule has 3 N–H and O–H groups in total. The van der Waals surface area contributed by atoms with Crippen LogP contribution in [0, 0.1) is 0 Å². The molecule has 1 aliphatic rings. The minimum absolute atomic E-state index is 0.189. The highest BCUT2D eigenvalue weighted by Crippen LogP contribution is 2.34. The fourth-order valence-corrected chi connectivity index (χ4v) is 4.35. The number of nitrogens with one attached hydrogen (secondary N) is 3. The van der Waals surface area contributed by atoms with Crippen LogP contribution in [0.15, 0.2) is 0 Å². The van der Waals surface area contributed by atoms with E-state index in [1.54, 1.807) is 0 Å². The summed E-state index contributed by atoms with van der Waals surface area (Å²) in [5, 5.41) is 10.1. The predicted molar refractivity (Wildman–Crippen MR) is 129 cm³/mol. The second-order valence-electron chi connectivity index (χ2n) is 8.14. The summed E-state index contributed by atoms with van der Waals surface area (Å²) >= 11 is 0. The van der Waals surface area contributed by atoms with Crippen LogP contribution in [0.1, 0.15) is 91.9 Å². The maximum atomic E-state index is 11.7. The fourth-order valence-electron chi connectivity index (χ4n) is 3.78. The van der Waals surface area contributed by atoms with Crippen molar-refractivity contribution in [1.82, 2.24) is 20.9 Å². The van der Waals surface area contributed by atoms with Crippen molar-refractivity contribution in [3.05, 3.63) is 0 Å². The largest absolute Gasteiger partial charge is 0.314 e. The summed E-state index contributed by atoms with van der Waals surface area (Å²) < 4.78 is 11.7. The van der Waals surface area contributed by atoms with Crippen LogP contribution in [0.5, 0.6) is 0 Å². The summed E-state index contributed by atoms with van der Waals surface area (Å²) in [5.41, 5.74) is 0. The summed E-state index contributed by atoms with van der Waals surface area (Å²) in [4.78, 5) is 2.39. The molecular weight excluding hydrogens is 379 g/mol. The zero-order chi connectivity index (χ0) is 21.6. The van der Waals surface area contributed by atoms with Gasteiger partial charge in [0.25, 0.3) is 0 Å². The third kappa shape index (κ3) is 14.6. The van der Waals surface area contributed by atoms with E-state index in [1.807, 2.05) is 0 Å². The third-order valence-electron chi connectivity index (χ3n) is 5.92. The molecule has 5 nitrogen and oxygen atoms in total. The van der Waals surface area contributed by atoms with Crippen molar-refractivity contribution in [2.24, 2.45) is 0 Å². The molecule has 6 heteroatoms. The van der Waals surface area contributed by atoms with Crippen LogP contribution in [0.25, 0.3) is 0 Å². The molecule has 0 aromatic carbocycles. The maximum absolute atomic E-state index is 11.7. The van der Waals surface area contributed by atoms with Crippen molar-refractivity contribution in [1.29, 1.82) is 0 Å². The first-order chi connectivity index (χ1) is 14.2. The van der Waals surface area contributed by atoms with Crippen molar-refractivity contribution in [3.8, 4) is 0 Å². The minimum Gasteiger partial charge on any atom is -0.314 e.